The second kappa shape index (κ2) is 9.35. The van der Waals surface area contributed by atoms with Gasteiger partial charge in [-0.25, -0.2) is 5.43 Å². The number of nitrogens with one attached hydrogen (secondary N) is 1. The van der Waals surface area contributed by atoms with Crippen LogP contribution in [0.2, 0.25) is 5.02 Å². The smallest absolute Gasteiger partial charge is 0.267 e. The number of aromatic nitrogens is 1. The molecule has 1 heterocycles. The number of rotatable bonds is 6. The number of halogens is 1. The van der Waals surface area contributed by atoms with Crippen molar-refractivity contribution < 1.29 is 4.79 Å². The van der Waals surface area contributed by atoms with Crippen molar-refractivity contribution in [3.8, 4) is 0 Å². The second-order valence-corrected chi connectivity index (χ2v) is 7.30. The van der Waals surface area contributed by atoms with Crippen molar-refractivity contribution in [2.45, 2.75) is 17.6 Å². The Morgan fingerprint density at radius 3 is 2.33 bits per heavy atom. The van der Waals surface area contributed by atoms with Gasteiger partial charge in [-0.2, -0.15) is 5.10 Å². The first-order valence-electron chi connectivity index (χ1n) is 8.34. The van der Waals surface area contributed by atoms with Gasteiger partial charge in [-0.3, -0.25) is 9.78 Å². The highest BCUT2D eigenvalue weighted by molar-refractivity contribution is 7.98. The first kappa shape index (κ1) is 19.1. The molecule has 136 valence electrons. The summed E-state index contributed by atoms with van der Waals surface area (Å²) < 4.78 is 0. The van der Waals surface area contributed by atoms with E-state index in [-0.39, 0.29) is 5.91 Å². The fraction of sp³-hybridized carbons (Fsp3) is 0.0952. The van der Waals surface area contributed by atoms with Crippen LogP contribution in [0.25, 0.3) is 0 Å². The summed E-state index contributed by atoms with van der Waals surface area (Å²) in [5.41, 5.74) is 5.94. The molecule has 0 unspecified atom stereocenters. The van der Waals surface area contributed by atoms with E-state index in [1.54, 1.807) is 24.2 Å². The molecule has 0 fully saturated rings. The Bertz CT molecular complexity index is 926. The van der Waals surface area contributed by atoms with Gasteiger partial charge in [0.15, 0.2) is 0 Å². The summed E-state index contributed by atoms with van der Waals surface area (Å²) in [6, 6.07) is 19.0. The maximum absolute atomic E-state index is 12.3. The zero-order valence-corrected chi connectivity index (χ0v) is 16.3. The number of benzene rings is 2. The number of thioether (sulfide) groups is 1. The number of hydrazone groups is 1. The summed E-state index contributed by atoms with van der Waals surface area (Å²) in [7, 11) is 0. The molecule has 0 atom stereocenters. The molecule has 4 nitrogen and oxygen atoms in total. The molecule has 0 aliphatic heterocycles. The normalized spacial score (nSPS) is 11.3. The maximum Gasteiger partial charge on any atom is 0.271 e. The predicted octanol–water partition coefficient (Wildman–Crippen LogP) is 5.18. The minimum absolute atomic E-state index is 0.236. The molecular formula is C21H18ClN3OS. The standard InChI is InChI=1S/C21H18ClN3OS/c1-15(17-10-12-23-13-11-17)24-25-21(26)18-4-2-16(3-5-18)14-27-20-8-6-19(22)7-9-20/h2-13H,14H2,1H3,(H,25,26)/b24-15-. The van der Waals surface area contributed by atoms with E-state index in [4.69, 9.17) is 11.6 Å². The van der Waals surface area contributed by atoms with Crippen molar-refractivity contribution in [2.75, 3.05) is 0 Å². The molecule has 0 bridgehead atoms. The minimum Gasteiger partial charge on any atom is -0.267 e. The lowest BCUT2D eigenvalue weighted by molar-refractivity contribution is 0.0955. The van der Waals surface area contributed by atoms with Gasteiger partial charge in [0.1, 0.15) is 0 Å². The molecule has 1 amide bonds. The van der Waals surface area contributed by atoms with Gasteiger partial charge in [0.05, 0.1) is 5.71 Å². The van der Waals surface area contributed by atoms with Crippen molar-refractivity contribution in [1.29, 1.82) is 0 Å². The van der Waals surface area contributed by atoms with Crippen LogP contribution in [0.3, 0.4) is 0 Å². The van der Waals surface area contributed by atoms with Crippen molar-refractivity contribution in [2.24, 2.45) is 5.10 Å². The fourth-order valence-electron chi connectivity index (χ4n) is 2.31. The number of carbonyl (C=O) groups excluding carboxylic acids is 1. The average molecular weight is 396 g/mol. The van der Waals surface area contributed by atoms with Crippen LogP contribution < -0.4 is 5.43 Å². The Hall–Kier alpha value is -2.63. The number of carbonyl (C=O) groups is 1. The highest BCUT2D eigenvalue weighted by Crippen LogP contribution is 2.24. The summed E-state index contributed by atoms with van der Waals surface area (Å²) in [6.45, 7) is 1.84. The van der Waals surface area contributed by atoms with Crippen LogP contribution in [0.1, 0.15) is 28.4 Å². The molecular weight excluding hydrogens is 378 g/mol. The molecule has 0 saturated heterocycles. The SMILES string of the molecule is C/C(=N/NC(=O)c1ccc(CSc2ccc(Cl)cc2)cc1)c1ccncc1. The summed E-state index contributed by atoms with van der Waals surface area (Å²) in [5.74, 6) is 0.586. The maximum atomic E-state index is 12.3. The van der Waals surface area contributed by atoms with E-state index in [2.05, 4.69) is 15.5 Å². The van der Waals surface area contributed by atoms with E-state index in [9.17, 15) is 4.79 Å². The quantitative estimate of drug-likeness (QED) is 0.355. The first-order valence-corrected chi connectivity index (χ1v) is 9.70. The Morgan fingerprint density at radius 2 is 1.67 bits per heavy atom. The molecule has 1 N–H and O–H groups in total. The predicted molar refractivity (Wildman–Crippen MR) is 111 cm³/mol. The van der Waals surface area contributed by atoms with Gasteiger partial charge in [-0.05, 0) is 61.0 Å². The van der Waals surface area contributed by atoms with Crippen LogP contribution in [-0.4, -0.2) is 16.6 Å². The molecule has 1 aromatic heterocycles. The van der Waals surface area contributed by atoms with E-state index in [0.29, 0.717) is 5.56 Å². The lowest BCUT2D eigenvalue weighted by atomic mass is 10.1. The fourth-order valence-corrected chi connectivity index (χ4v) is 3.29. The third-order valence-corrected chi connectivity index (χ3v) is 5.19. The van der Waals surface area contributed by atoms with Crippen molar-refractivity contribution in [1.82, 2.24) is 10.4 Å². The zero-order chi connectivity index (χ0) is 19.1. The van der Waals surface area contributed by atoms with E-state index in [1.807, 2.05) is 67.6 Å². The lowest BCUT2D eigenvalue weighted by Gasteiger charge is -2.05. The topological polar surface area (TPSA) is 54.4 Å². The van der Waals surface area contributed by atoms with Crippen LogP contribution >= 0.6 is 23.4 Å². The molecule has 2 aromatic carbocycles. The molecule has 0 spiro atoms. The van der Waals surface area contributed by atoms with Crippen LogP contribution in [0.5, 0.6) is 0 Å². The number of hydrogen-bond donors (Lipinski definition) is 1. The van der Waals surface area contributed by atoms with Gasteiger partial charge >= 0.3 is 0 Å². The molecule has 3 rings (SSSR count). The van der Waals surface area contributed by atoms with Crippen LogP contribution in [0, 0.1) is 0 Å². The third-order valence-electron chi connectivity index (χ3n) is 3.86. The first-order chi connectivity index (χ1) is 13.1. The molecule has 0 aliphatic carbocycles. The monoisotopic (exact) mass is 395 g/mol. The second-order valence-electron chi connectivity index (χ2n) is 5.81. The molecule has 3 aromatic rings. The van der Waals surface area contributed by atoms with Gasteiger partial charge in [0.25, 0.3) is 5.91 Å². The Labute approximate surface area is 167 Å². The molecule has 0 radical (unpaired) electrons. The van der Waals surface area contributed by atoms with E-state index in [1.165, 1.54) is 0 Å². The highest BCUT2D eigenvalue weighted by atomic mass is 35.5. The third kappa shape index (κ3) is 5.67. The summed E-state index contributed by atoms with van der Waals surface area (Å²) in [4.78, 5) is 17.4. The van der Waals surface area contributed by atoms with Gasteiger partial charge in [0, 0.05) is 39.2 Å². The van der Waals surface area contributed by atoms with Gasteiger partial charge in [-0.15, -0.1) is 11.8 Å². The summed E-state index contributed by atoms with van der Waals surface area (Å²) in [6.07, 6.45) is 3.38. The Balaban J connectivity index is 1.56. The van der Waals surface area contributed by atoms with E-state index >= 15 is 0 Å². The van der Waals surface area contributed by atoms with Crippen LogP contribution in [0.15, 0.2) is 83.1 Å². The van der Waals surface area contributed by atoms with Crippen molar-refractivity contribution >= 4 is 35.0 Å². The average Bonchev–Trinajstić information content (AvgIpc) is 2.72. The largest absolute Gasteiger partial charge is 0.271 e. The van der Waals surface area contributed by atoms with E-state index in [0.717, 1.165) is 32.5 Å². The summed E-state index contributed by atoms with van der Waals surface area (Å²) >= 11 is 7.62. The number of hydrogen-bond acceptors (Lipinski definition) is 4. The lowest BCUT2D eigenvalue weighted by Crippen LogP contribution is -2.19. The van der Waals surface area contributed by atoms with E-state index < -0.39 is 0 Å². The van der Waals surface area contributed by atoms with Gasteiger partial charge in [-0.1, -0.05) is 23.7 Å². The number of pyridine rings is 1. The van der Waals surface area contributed by atoms with Crippen molar-refractivity contribution in [3.05, 3.63) is 94.8 Å². The molecule has 0 aliphatic rings. The molecule has 6 heteroatoms. The zero-order valence-electron chi connectivity index (χ0n) is 14.7. The van der Waals surface area contributed by atoms with Crippen LogP contribution in [0.4, 0.5) is 0 Å². The number of nitrogens with zero attached hydrogens (tertiary/aromatic N) is 2. The van der Waals surface area contributed by atoms with Crippen LogP contribution in [-0.2, 0) is 5.75 Å². The molecule has 27 heavy (non-hydrogen) atoms. The van der Waals surface area contributed by atoms with Gasteiger partial charge in [0.2, 0.25) is 0 Å². The molecule has 0 saturated carbocycles. The Kier molecular flexibility index (Phi) is 6.63. The van der Waals surface area contributed by atoms with Gasteiger partial charge < -0.3 is 0 Å². The van der Waals surface area contributed by atoms with Crippen molar-refractivity contribution in [3.63, 3.8) is 0 Å². The summed E-state index contributed by atoms with van der Waals surface area (Å²) in [5, 5.41) is 4.88. The number of amides is 1. The minimum atomic E-state index is -0.236. The Morgan fingerprint density at radius 1 is 1.00 bits per heavy atom. The highest BCUT2D eigenvalue weighted by Gasteiger charge is 2.05.